The van der Waals surface area contributed by atoms with E-state index in [-0.39, 0.29) is 66.4 Å². The zero-order valence-electron chi connectivity index (χ0n) is 85.1. The van der Waals surface area contributed by atoms with E-state index >= 15 is 0 Å². The fraction of sp³-hybridized carbons (Fsp3) is 0.375. The largest absolute Gasteiger partial charge is 0.497 e. The summed E-state index contributed by atoms with van der Waals surface area (Å²) in [6.07, 6.45) is 12.8. The molecule has 145 heavy (non-hydrogen) atoms. The highest BCUT2D eigenvalue weighted by atomic mass is 32.1. The fourth-order valence-electron chi connectivity index (χ4n) is 18.2. The number of aryl methyl sites for hydroxylation is 4. The molecule has 0 bridgehead atoms. The van der Waals surface area contributed by atoms with Gasteiger partial charge in [0.15, 0.2) is 17.1 Å². The highest BCUT2D eigenvalue weighted by molar-refractivity contribution is 7.14. The van der Waals surface area contributed by atoms with Crippen LogP contribution in [-0.2, 0) is 38.9 Å². The second-order valence-corrected chi connectivity index (χ2v) is 37.7. The van der Waals surface area contributed by atoms with E-state index in [1.807, 2.05) is 133 Å². The van der Waals surface area contributed by atoms with Crippen LogP contribution in [0, 0.1) is 27.7 Å². The molecule has 12 amide bonds. The standard InChI is InChI=1S/C39H48N6O5.C38H46N6O5.C35H42N6O4S/c1-6-8-18-43(19-9-7-2)38(48)35-21-27(4)45(42-35)36-17-14-30(40-39(49)41-34-16-15-32(50-5)20-26(34)3)23-33(36)37(47)44-24-29-13-11-10-12-28(29)22-31(44)25-46;1-5-7-19-42(20-8-6-2)37(47)33-21-26(3)44(41-33)34-18-17-29(39-38(48)40-32-15-11-12-16-35(32)49-4)23-31(34)36(46)43-24-28-14-10-9-13-27(28)22-30(43)25-45;1-4-6-16-39(17-7-5-2)34(44)30-19-24(3)41(38-30)31-15-14-27(36-35(45)37-32-13-10-18-46-32)21-29(31)33(43)40-22-26-12-9-8-11-25(26)20-28(40)23-42/h10-17,20-21,23,31,46H,6-9,18-19,22,24-25H2,1-5H3,(H2,40,41,49);9-18,21,23,30,45H,5-8,19-20,22,24-25H2,1-4H3,(H2,39,40,48);8-15,18-19,21,28,42H,4-7,16-17,20,22-23H2,1-3H3,(H2,36,37,45)/t31-;30-;28-/m000/s1. The SMILES string of the molecule is CCCCN(CCCC)C(=O)c1cc(C)n(-c2ccc(NC(=O)Nc3ccc(OC)cc3C)cc2C(=O)N2Cc3ccccc3C[C@H]2CO)n1.CCCCN(CCCC)C(=O)c1cc(C)n(-c2ccc(NC(=O)Nc3ccccc3OC)cc2C(=O)N2Cc3ccccc3C[C@H]2CO)n1.CCCCN(CCCC)C(=O)c1cc(C)n(-c2ccc(NC(=O)Nc3cccs3)cc2C(=O)N2Cc3ccccc3C[C@H]2CO)n1. The van der Waals surface area contributed by atoms with Gasteiger partial charge in [-0.25, -0.2) is 28.4 Å². The van der Waals surface area contributed by atoms with E-state index in [0.717, 1.165) is 116 Å². The number of hydrogen-bond acceptors (Lipinski definition) is 18. The number of fused-ring (bicyclic) bond motifs is 3. The van der Waals surface area contributed by atoms with Gasteiger partial charge in [0.05, 0.1) is 96.6 Å². The van der Waals surface area contributed by atoms with Crippen molar-refractivity contribution in [1.29, 1.82) is 0 Å². The summed E-state index contributed by atoms with van der Waals surface area (Å²) in [7, 11) is 3.11. The number of hydrogen-bond donors (Lipinski definition) is 9. The van der Waals surface area contributed by atoms with Crippen molar-refractivity contribution in [3.63, 3.8) is 0 Å². The molecule has 33 heteroatoms. The maximum absolute atomic E-state index is 14.6. The lowest BCUT2D eigenvalue weighted by Crippen LogP contribution is -2.46. The fourth-order valence-corrected chi connectivity index (χ4v) is 18.8. The average Bonchev–Trinajstić information content (AvgIpc) is 1.74. The zero-order valence-corrected chi connectivity index (χ0v) is 85.9. The minimum atomic E-state index is -0.516. The number of aliphatic hydroxyl groups excluding tert-OH is 3. The van der Waals surface area contributed by atoms with Gasteiger partial charge in [0.25, 0.3) is 35.4 Å². The van der Waals surface area contributed by atoms with Gasteiger partial charge in [-0.15, -0.1) is 11.3 Å². The smallest absolute Gasteiger partial charge is 0.324 e. The van der Waals surface area contributed by atoms with Gasteiger partial charge in [-0.2, -0.15) is 15.3 Å². The number of thiophene rings is 1. The number of anilines is 6. The number of amides is 12. The Kier molecular flexibility index (Phi) is 38.5. The highest BCUT2D eigenvalue weighted by Crippen LogP contribution is 2.36. The number of urea groups is 3. The Bertz CT molecular complexity index is 6480. The van der Waals surface area contributed by atoms with Crippen molar-refractivity contribution in [2.75, 3.05) is 105 Å². The molecule has 3 aliphatic heterocycles. The average molecular weight is 1990 g/mol. The van der Waals surface area contributed by atoms with E-state index in [1.54, 1.807) is 151 Å². The molecule has 0 spiro atoms. The maximum Gasteiger partial charge on any atom is 0.324 e. The third kappa shape index (κ3) is 27.0. The van der Waals surface area contributed by atoms with Crippen LogP contribution in [0.4, 0.5) is 47.8 Å². The summed E-state index contributed by atoms with van der Waals surface area (Å²) in [5.74, 6) is -0.177. The molecule has 3 aliphatic rings. The Labute approximate surface area is 852 Å². The zero-order chi connectivity index (χ0) is 103. The summed E-state index contributed by atoms with van der Waals surface area (Å²) in [5, 5.41) is 64.9. The first-order valence-electron chi connectivity index (χ1n) is 50.3. The molecule has 8 aromatic carbocycles. The van der Waals surface area contributed by atoms with Crippen LogP contribution >= 0.6 is 11.3 Å². The first kappa shape index (κ1) is 107. The molecular formula is C112H136N18O14S. The summed E-state index contributed by atoms with van der Waals surface area (Å²) in [6, 6.07) is 57.5. The molecule has 7 heterocycles. The number of unbranched alkanes of at least 4 members (excludes halogenated alkanes) is 6. The lowest BCUT2D eigenvalue weighted by atomic mass is 9.93. The van der Waals surface area contributed by atoms with Crippen LogP contribution < -0.4 is 41.4 Å². The van der Waals surface area contributed by atoms with Crippen molar-refractivity contribution >= 4 is 98.3 Å². The second-order valence-electron chi connectivity index (χ2n) is 36.8. The van der Waals surface area contributed by atoms with Gasteiger partial charge >= 0.3 is 18.1 Å². The van der Waals surface area contributed by atoms with Crippen molar-refractivity contribution in [2.24, 2.45) is 0 Å². The van der Waals surface area contributed by atoms with Crippen molar-refractivity contribution in [1.82, 2.24) is 58.7 Å². The monoisotopic (exact) mass is 1990 g/mol. The number of ether oxygens (including phenoxy) is 2. The lowest BCUT2D eigenvalue weighted by molar-refractivity contribution is 0.0539. The Balaban J connectivity index is 0.000000182. The van der Waals surface area contributed by atoms with E-state index in [2.05, 4.69) is 73.4 Å². The van der Waals surface area contributed by atoms with Crippen LogP contribution in [0.3, 0.4) is 0 Å². The summed E-state index contributed by atoms with van der Waals surface area (Å²) < 4.78 is 15.5. The van der Waals surface area contributed by atoms with Gasteiger partial charge in [-0.05, 0) is 245 Å². The molecule has 764 valence electrons. The van der Waals surface area contributed by atoms with E-state index < -0.39 is 36.2 Å². The number of para-hydroxylation sites is 2. The van der Waals surface area contributed by atoms with Crippen LogP contribution in [0.15, 0.2) is 206 Å². The van der Waals surface area contributed by atoms with Gasteiger partial charge in [0, 0.05) is 98.7 Å². The number of methoxy groups -OCH3 is 2. The molecule has 4 aromatic heterocycles. The molecule has 0 aliphatic carbocycles. The molecule has 32 nitrogen and oxygen atoms in total. The predicted molar refractivity (Wildman–Crippen MR) is 568 cm³/mol. The van der Waals surface area contributed by atoms with Gasteiger partial charge in [-0.1, -0.05) is 165 Å². The summed E-state index contributed by atoms with van der Waals surface area (Å²) >= 11 is 1.40. The number of nitrogens with one attached hydrogen (secondary N) is 6. The quantitative estimate of drug-likeness (QED) is 0.0174. The minimum absolute atomic E-state index is 0.131. The molecule has 0 unspecified atom stereocenters. The lowest BCUT2D eigenvalue weighted by Gasteiger charge is -2.36. The van der Waals surface area contributed by atoms with Crippen molar-refractivity contribution < 1.29 is 67.9 Å². The molecule has 0 radical (unpaired) electrons. The second kappa shape index (κ2) is 51.9. The first-order valence-corrected chi connectivity index (χ1v) is 51.2. The molecule has 0 saturated carbocycles. The molecule has 3 atom stereocenters. The van der Waals surface area contributed by atoms with Crippen LogP contribution in [0.5, 0.6) is 11.5 Å². The van der Waals surface area contributed by atoms with Gasteiger partial charge in [0.1, 0.15) is 11.5 Å². The van der Waals surface area contributed by atoms with Crippen molar-refractivity contribution in [3.8, 4) is 28.6 Å². The Hall–Kier alpha value is -14.8. The van der Waals surface area contributed by atoms with Crippen LogP contribution in [0.1, 0.15) is 237 Å². The Morgan fingerprint density at radius 1 is 0.359 bits per heavy atom. The summed E-state index contributed by atoms with van der Waals surface area (Å²) in [4.78, 5) is 134. The third-order valence-corrected chi connectivity index (χ3v) is 27.1. The summed E-state index contributed by atoms with van der Waals surface area (Å²) in [5.41, 5.74) is 14.7. The topological polar surface area (TPSA) is 378 Å². The third-order valence-electron chi connectivity index (χ3n) is 26.3. The molecule has 12 aromatic rings. The van der Waals surface area contributed by atoms with Crippen LogP contribution in [0.25, 0.3) is 17.1 Å². The molecule has 15 rings (SSSR count). The Morgan fingerprint density at radius 3 is 0.993 bits per heavy atom. The van der Waals surface area contributed by atoms with Crippen molar-refractivity contribution in [3.05, 3.63) is 295 Å². The summed E-state index contributed by atoms with van der Waals surface area (Å²) in [6.45, 7) is 24.3. The normalized spacial score (nSPS) is 13.9. The number of nitrogens with zero attached hydrogens (tertiary/aromatic N) is 12. The first-order chi connectivity index (χ1) is 70.3. The predicted octanol–water partition coefficient (Wildman–Crippen LogP) is 19.7. The van der Waals surface area contributed by atoms with Gasteiger partial charge in [-0.3, -0.25) is 34.1 Å². The highest BCUT2D eigenvalue weighted by Gasteiger charge is 2.38. The molecular weight excluding hydrogens is 1850 g/mol. The number of benzene rings is 8. The van der Waals surface area contributed by atoms with E-state index in [4.69, 9.17) is 24.8 Å². The number of carbonyl (C=O) groups excluding carboxylic acids is 9. The van der Waals surface area contributed by atoms with Crippen LogP contribution in [0.2, 0.25) is 0 Å². The van der Waals surface area contributed by atoms with Crippen molar-refractivity contribution in [2.45, 2.75) is 203 Å². The molecule has 9 N–H and O–H groups in total. The van der Waals surface area contributed by atoms with Gasteiger partial charge < -0.3 is 80.8 Å². The minimum Gasteiger partial charge on any atom is -0.497 e. The van der Waals surface area contributed by atoms with Gasteiger partial charge in [0.2, 0.25) is 0 Å². The van der Waals surface area contributed by atoms with E-state index in [9.17, 15) is 58.5 Å². The Morgan fingerprint density at radius 2 is 0.683 bits per heavy atom. The van der Waals surface area contributed by atoms with Crippen LogP contribution in [-0.4, -0.2) is 219 Å². The van der Waals surface area contributed by atoms with E-state index in [1.165, 1.54) is 18.4 Å². The number of aromatic nitrogens is 6. The number of aliphatic hydroxyl groups is 3. The number of rotatable bonds is 38. The molecule has 0 fully saturated rings. The number of carbonyl (C=O) groups is 9. The molecule has 0 saturated heterocycles. The van der Waals surface area contributed by atoms with E-state index in [0.29, 0.717) is 180 Å². The maximum atomic E-state index is 14.6.